The summed E-state index contributed by atoms with van der Waals surface area (Å²) in [4.78, 5) is 27.0. The van der Waals surface area contributed by atoms with Crippen molar-refractivity contribution in [2.75, 3.05) is 11.9 Å². The standard InChI is InChI=1S/C21H25N3O4/c1-21(2,3)17-11-19(28-24-17)23-18(25)13-27-20(26)10-6-7-14-12-22-16-9-5-4-8-15(14)16/h4-5,8-9,11-12,22H,6-7,10,13H2,1-3H3,(H,23,25). The highest BCUT2D eigenvalue weighted by molar-refractivity contribution is 5.91. The number of carbonyl (C=O) groups is 2. The summed E-state index contributed by atoms with van der Waals surface area (Å²) in [6.07, 6.45) is 3.63. The van der Waals surface area contributed by atoms with Gasteiger partial charge in [-0.2, -0.15) is 0 Å². The van der Waals surface area contributed by atoms with Gasteiger partial charge in [-0.1, -0.05) is 44.1 Å². The first-order valence-electron chi connectivity index (χ1n) is 9.30. The lowest BCUT2D eigenvalue weighted by Crippen LogP contribution is -2.20. The van der Waals surface area contributed by atoms with Crippen molar-refractivity contribution >= 4 is 28.7 Å². The number of fused-ring (bicyclic) bond motifs is 1. The number of benzene rings is 1. The van der Waals surface area contributed by atoms with Crippen LogP contribution in [0.3, 0.4) is 0 Å². The molecule has 3 rings (SSSR count). The molecule has 2 heterocycles. The monoisotopic (exact) mass is 383 g/mol. The van der Waals surface area contributed by atoms with Gasteiger partial charge in [-0.3, -0.25) is 14.9 Å². The molecule has 0 saturated heterocycles. The van der Waals surface area contributed by atoms with E-state index in [1.54, 1.807) is 6.07 Å². The van der Waals surface area contributed by atoms with E-state index in [4.69, 9.17) is 9.26 Å². The second kappa shape index (κ2) is 8.29. The van der Waals surface area contributed by atoms with Crippen molar-refractivity contribution in [3.05, 3.63) is 47.8 Å². The van der Waals surface area contributed by atoms with Crippen molar-refractivity contribution in [1.29, 1.82) is 0 Å². The smallest absolute Gasteiger partial charge is 0.306 e. The molecule has 0 atom stereocenters. The number of carbonyl (C=O) groups excluding carboxylic acids is 2. The van der Waals surface area contributed by atoms with Gasteiger partial charge in [0, 0.05) is 35.0 Å². The summed E-state index contributed by atoms with van der Waals surface area (Å²) >= 11 is 0. The lowest BCUT2D eigenvalue weighted by Gasteiger charge is -2.12. The van der Waals surface area contributed by atoms with Crippen molar-refractivity contribution < 1.29 is 18.8 Å². The van der Waals surface area contributed by atoms with E-state index in [1.807, 2.05) is 45.2 Å². The van der Waals surface area contributed by atoms with Gasteiger partial charge >= 0.3 is 5.97 Å². The summed E-state index contributed by atoms with van der Waals surface area (Å²) in [5, 5.41) is 7.62. The van der Waals surface area contributed by atoms with E-state index in [-0.39, 0.29) is 24.3 Å². The number of esters is 1. The molecule has 3 aromatic rings. The van der Waals surface area contributed by atoms with Crippen molar-refractivity contribution in [3.8, 4) is 0 Å². The highest BCUT2D eigenvalue weighted by Gasteiger charge is 2.20. The molecule has 1 amide bonds. The number of aromatic nitrogens is 2. The average molecular weight is 383 g/mol. The van der Waals surface area contributed by atoms with E-state index in [2.05, 4.69) is 21.5 Å². The second-order valence-electron chi connectivity index (χ2n) is 7.75. The number of anilines is 1. The van der Waals surface area contributed by atoms with E-state index in [0.29, 0.717) is 6.42 Å². The Balaban J connectivity index is 1.39. The van der Waals surface area contributed by atoms with Crippen molar-refractivity contribution in [2.45, 2.75) is 45.4 Å². The Labute approximate surface area is 163 Å². The normalized spacial score (nSPS) is 11.5. The minimum atomic E-state index is -0.457. The zero-order valence-corrected chi connectivity index (χ0v) is 16.4. The van der Waals surface area contributed by atoms with Gasteiger partial charge in [0.05, 0.1) is 5.69 Å². The Morgan fingerprint density at radius 3 is 2.79 bits per heavy atom. The number of amides is 1. The minimum absolute atomic E-state index is 0.177. The van der Waals surface area contributed by atoms with Gasteiger partial charge in [0.15, 0.2) is 6.61 Å². The summed E-state index contributed by atoms with van der Waals surface area (Å²) in [6, 6.07) is 9.71. The molecule has 0 aliphatic rings. The molecule has 7 nitrogen and oxygen atoms in total. The lowest BCUT2D eigenvalue weighted by atomic mass is 9.92. The van der Waals surface area contributed by atoms with E-state index in [9.17, 15) is 9.59 Å². The van der Waals surface area contributed by atoms with Crippen LogP contribution < -0.4 is 5.32 Å². The van der Waals surface area contributed by atoms with Crippen LogP contribution >= 0.6 is 0 Å². The van der Waals surface area contributed by atoms with Crippen molar-refractivity contribution in [2.24, 2.45) is 0 Å². The minimum Gasteiger partial charge on any atom is -0.456 e. The Kier molecular flexibility index (Phi) is 5.82. The number of nitrogens with one attached hydrogen (secondary N) is 2. The maximum atomic E-state index is 11.9. The zero-order valence-electron chi connectivity index (χ0n) is 16.4. The third-order valence-corrected chi connectivity index (χ3v) is 4.41. The molecule has 0 unspecified atom stereocenters. The lowest BCUT2D eigenvalue weighted by molar-refractivity contribution is -0.147. The molecule has 0 spiro atoms. The summed E-state index contributed by atoms with van der Waals surface area (Å²) in [6.45, 7) is 5.63. The van der Waals surface area contributed by atoms with Crippen molar-refractivity contribution in [3.63, 3.8) is 0 Å². The van der Waals surface area contributed by atoms with Gasteiger partial charge in [0.25, 0.3) is 5.91 Å². The first-order valence-corrected chi connectivity index (χ1v) is 9.30. The predicted molar refractivity (Wildman–Crippen MR) is 106 cm³/mol. The third kappa shape index (κ3) is 5.00. The summed E-state index contributed by atoms with van der Waals surface area (Å²) in [7, 11) is 0. The predicted octanol–water partition coefficient (Wildman–Crippen LogP) is 3.96. The highest BCUT2D eigenvalue weighted by Crippen LogP contribution is 2.23. The van der Waals surface area contributed by atoms with E-state index < -0.39 is 11.9 Å². The molecular weight excluding hydrogens is 358 g/mol. The molecule has 1 aromatic carbocycles. The van der Waals surface area contributed by atoms with Crippen LogP contribution in [0.25, 0.3) is 10.9 Å². The third-order valence-electron chi connectivity index (χ3n) is 4.41. The van der Waals surface area contributed by atoms with Crippen LogP contribution in [0.4, 0.5) is 5.88 Å². The van der Waals surface area contributed by atoms with Gasteiger partial charge in [0.1, 0.15) is 0 Å². The van der Waals surface area contributed by atoms with Gasteiger partial charge in [-0.15, -0.1) is 0 Å². The number of rotatable bonds is 7. The fraction of sp³-hybridized carbons (Fsp3) is 0.381. The SMILES string of the molecule is CC(C)(C)c1cc(NC(=O)COC(=O)CCCc2c[nH]c3ccccc23)on1. The number of H-pyrrole nitrogens is 1. The van der Waals surface area contributed by atoms with E-state index in [1.165, 1.54) is 5.56 Å². The first kappa shape index (κ1) is 19.7. The van der Waals surface area contributed by atoms with Crippen LogP contribution in [0.2, 0.25) is 0 Å². The Bertz CT molecular complexity index is 965. The molecular formula is C21H25N3O4. The Morgan fingerprint density at radius 2 is 2.04 bits per heavy atom. The highest BCUT2D eigenvalue weighted by atomic mass is 16.5. The van der Waals surface area contributed by atoms with Gasteiger partial charge in [-0.25, -0.2) is 0 Å². The van der Waals surface area contributed by atoms with E-state index >= 15 is 0 Å². The summed E-state index contributed by atoms with van der Waals surface area (Å²) < 4.78 is 10.1. The van der Waals surface area contributed by atoms with Crippen LogP contribution in [-0.4, -0.2) is 28.6 Å². The van der Waals surface area contributed by atoms with Gasteiger partial charge in [0.2, 0.25) is 5.88 Å². The van der Waals surface area contributed by atoms with Gasteiger partial charge < -0.3 is 14.2 Å². The molecule has 2 aromatic heterocycles. The van der Waals surface area contributed by atoms with Crippen LogP contribution in [0.1, 0.15) is 44.9 Å². The van der Waals surface area contributed by atoms with Crippen LogP contribution in [-0.2, 0) is 26.2 Å². The second-order valence-corrected chi connectivity index (χ2v) is 7.75. The number of hydrogen-bond donors (Lipinski definition) is 2. The number of nitrogens with zero attached hydrogens (tertiary/aromatic N) is 1. The van der Waals surface area contributed by atoms with Gasteiger partial charge in [-0.05, 0) is 24.5 Å². The zero-order chi connectivity index (χ0) is 20.1. The molecule has 0 bridgehead atoms. The van der Waals surface area contributed by atoms with Crippen LogP contribution in [0, 0.1) is 0 Å². The fourth-order valence-corrected chi connectivity index (χ4v) is 2.84. The maximum Gasteiger partial charge on any atom is 0.306 e. The van der Waals surface area contributed by atoms with Crippen molar-refractivity contribution in [1.82, 2.24) is 10.1 Å². The number of hydrogen-bond acceptors (Lipinski definition) is 5. The quantitative estimate of drug-likeness (QED) is 0.602. The Hall–Kier alpha value is -3.09. The molecule has 28 heavy (non-hydrogen) atoms. The van der Waals surface area contributed by atoms with Crippen LogP contribution in [0.15, 0.2) is 41.1 Å². The molecule has 0 fully saturated rings. The number of aryl methyl sites for hydroxylation is 1. The molecule has 148 valence electrons. The summed E-state index contributed by atoms with van der Waals surface area (Å²) in [5.74, 6) is -0.616. The average Bonchev–Trinajstić information content (AvgIpc) is 3.27. The largest absolute Gasteiger partial charge is 0.456 e. The van der Waals surface area contributed by atoms with E-state index in [0.717, 1.165) is 23.0 Å². The summed E-state index contributed by atoms with van der Waals surface area (Å²) in [5.41, 5.74) is 2.81. The number of ether oxygens (including phenoxy) is 1. The molecule has 0 radical (unpaired) electrons. The number of aromatic amines is 1. The maximum absolute atomic E-state index is 11.9. The fourth-order valence-electron chi connectivity index (χ4n) is 2.84. The molecule has 0 saturated carbocycles. The Morgan fingerprint density at radius 1 is 1.25 bits per heavy atom. The molecule has 0 aliphatic heterocycles. The molecule has 2 N–H and O–H groups in total. The molecule has 7 heteroatoms. The first-order chi connectivity index (χ1) is 13.3. The topological polar surface area (TPSA) is 97.2 Å². The van der Waals surface area contributed by atoms with Crippen LogP contribution in [0.5, 0.6) is 0 Å². The number of para-hydroxylation sites is 1. The molecule has 0 aliphatic carbocycles.